The van der Waals surface area contributed by atoms with Crippen molar-refractivity contribution in [1.82, 2.24) is 19.8 Å². The average Bonchev–Trinajstić information content (AvgIpc) is 3.22. The van der Waals surface area contributed by atoms with Gasteiger partial charge in [-0.15, -0.1) is 0 Å². The van der Waals surface area contributed by atoms with E-state index < -0.39 is 0 Å². The Balaban J connectivity index is 1.58. The van der Waals surface area contributed by atoms with E-state index >= 15 is 0 Å². The van der Waals surface area contributed by atoms with Crippen LogP contribution in [0.25, 0.3) is 17.0 Å². The molecule has 3 aromatic rings. The lowest BCUT2D eigenvalue weighted by molar-refractivity contribution is 0.167. The molecule has 1 saturated heterocycles. The minimum Gasteiger partial charge on any atom is -0.361 e. The number of pyridine rings is 1. The van der Waals surface area contributed by atoms with E-state index in [4.69, 9.17) is 0 Å². The van der Waals surface area contributed by atoms with Gasteiger partial charge in [0.1, 0.15) is 6.07 Å². The zero-order valence-corrected chi connectivity index (χ0v) is 16.9. The molecular weight excluding hydrogens is 360 g/mol. The second-order valence-corrected chi connectivity index (χ2v) is 7.57. The van der Waals surface area contributed by atoms with Crippen LogP contribution in [0.15, 0.2) is 42.9 Å². The Hall–Kier alpha value is -3.14. The number of aromatic amines is 1. The van der Waals surface area contributed by atoms with Crippen LogP contribution in [0.3, 0.4) is 0 Å². The van der Waals surface area contributed by atoms with E-state index in [0.717, 1.165) is 60.7 Å². The minimum atomic E-state index is 0.542. The third kappa shape index (κ3) is 4.16. The summed E-state index contributed by atoms with van der Waals surface area (Å²) >= 11 is 0. The summed E-state index contributed by atoms with van der Waals surface area (Å²) in [6.45, 7) is 7.36. The number of hydrogen-bond donors (Lipinski definition) is 2. The van der Waals surface area contributed by atoms with Crippen molar-refractivity contribution in [2.45, 2.75) is 6.92 Å². The number of hydrogen-bond acceptors (Lipinski definition) is 5. The van der Waals surface area contributed by atoms with Crippen LogP contribution in [0.5, 0.6) is 0 Å². The fraction of sp³-hybridized carbons (Fsp3) is 0.304. The van der Waals surface area contributed by atoms with Crippen LogP contribution in [0.1, 0.15) is 16.7 Å². The largest absolute Gasteiger partial charge is 0.361 e. The molecular formula is C23H26N6. The molecule has 0 saturated carbocycles. The van der Waals surface area contributed by atoms with Gasteiger partial charge in [-0.25, -0.2) is 0 Å². The van der Waals surface area contributed by atoms with Gasteiger partial charge >= 0.3 is 0 Å². The van der Waals surface area contributed by atoms with Crippen LogP contribution >= 0.6 is 0 Å². The summed E-state index contributed by atoms with van der Waals surface area (Å²) in [5, 5.41) is 14.3. The Kier molecular flexibility index (Phi) is 5.61. The Morgan fingerprint density at radius 2 is 2.03 bits per heavy atom. The second kappa shape index (κ2) is 8.48. The molecule has 2 aromatic heterocycles. The highest BCUT2D eigenvalue weighted by molar-refractivity contribution is 5.89. The Labute approximate surface area is 171 Å². The van der Waals surface area contributed by atoms with E-state index in [2.05, 4.69) is 69.4 Å². The smallest absolute Gasteiger partial charge is 0.103 e. The van der Waals surface area contributed by atoms with Gasteiger partial charge in [0.05, 0.1) is 11.3 Å². The monoisotopic (exact) mass is 386 g/mol. The van der Waals surface area contributed by atoms with Crippen molar-refractivity contribution in [1.29, 1.82) is 5.26 Å². The number of H-pyrrole nitrogens is 1. The van der Waals surface area contributed by atoms with Gasteiger partial charge in [-0.2, -0.15) is 5.26 Å². The van der Waals surface area contributed by atoms with Crippen LogP contribution in [0.4, 0.5) is 11.4 Å². The standard InChI is InChI=1S/C23H26N6/c1-17-20-7-8-26-22(20)6-5-21(17)27-23-18(15-25-16-19(23)14-24)4-3-9-29-12-10-28(2)11-13-29/h3-8,15-16,26H,9-13H2,1-2H3,(H,25,27)/b4-3+. The average molecular weight is 387 g/mol. The van der Waals surface area contributed by atoms with Gasteiger partial charge in [0.2, 0.25) is 0 Å². The van der Waals surface area contributed by atoms with Crippen LogP contribution in [-0.2, 0) is 0 Å². The van der Waals surface area contributed by atoms with Crippen LogP contribution in [-0.4, -0.2) is 59.5 Å². The molecule has 0 unspecified atom stereocenters. The number of aryl methyl sites for hydroxylation is 1. The molecule has 4 rings (SSSR count). The first-order chi connectivity index (χ1) is 14.2. The number of nitrogens with zero attached hydrogens (tertiary/aromatic N) is 4. The van der Waals surface area contributed by atoms with E-state index in [1.165, 1.54) is 5.39 Å². The fourth-order valence-electron chi connectivity index (χ4n) is 3.74. The van der Waals surface area contributed by atoms with Crippen molar-refractivity contribution in [3.05, 3.63) is 59.6 Å². The maximum Gasteiger partial charge on any atom is 0.103 e. The molecule has 1 fully saturated rings. The molecule has 1 aromatic carbocycles. The number of piperazine rings is 1. The van der Waals surface area contributed by atoms with E-state index in [9.17, 15) is 5.26 Å². The summed E-state index contributed by atoms with van der Waals surface area (Å²) < 4.78 is 0. The molecule has 3 heterocycles. The summed E-state index contributed by atoms with van der Waals surface area (Å²) in [6.07, 6.45) is 9.61. The highest BCUT2D eigenvalue weighted by Crippen LogP contribution is 2.30. The SMILES string of the molecule is Cc1c(Nc2c(C#N)cncc2/C=C/CN2CCN(C)CC2)ccc2[nH]ccc12. The summed E-state index contributed by atoms with van der Waals surface area (Å²) in [6, 6.07) is 8.45. The predicted molar refractivity (Wildman–Crippen MR) is 118 cm³/mol. The lowest BCUT2D eigenvalue weighted by atomic mass is 10.1. The maximum absolute atomic E-state index is 9.61. The lowest BCUT2D eigenvalue weighted by Crippen LogP contribution is -2.44. The second-order valence-electron chi connectivity index (χ2n) is 7.57. The van der Waals surface area contributed by atoms with E-state index in [1.807, 2.05) is 18.5 Å². The van der Waals surface area contributed by atoms with E-state index in [1.54, 1.807) is 6.20 Å². The van der Waals surface area contributed by atoms with Crippen molar-refractivity contribution >= 4 is 28.4 Å². The van der Waals surface area contributed by atoms with Gasteiger partial charge in [-0.3, -0.25) is 9.88 Å². The number of nitrogens with one attached hydrogen (secondary N) is 2. The molecule has 148 valence electrons. The molecule has 1 aliphatic heterocycles. The summed E-state index contributed by atoms with van der Waals surface area (Å²) in [4.78, 5) is 12.3. The molecule has 2 N–H and O–H groups in total. The first-order valence-electron chi connectivity index (χ1n) is 9.95. The normalized spacial score (nSPS) is 15.8. The topological polar surface area (TPSA) is 71.0 Å². The van der Waals surface area contributed by atoms with Gasteiger partial charge in [0.15, 0.2) is 0 Å². The quantitative estimate of drug-likeness (QED) is 0.699. The minimum absolute atomic E-state index is 0.542. The van der Waals surface area contributed by atoms with Crippen molar-refractivity contribution in [2.24, 2.45) is 0 Å². The third-order valence-electron chi connectivity index (χ3n) is 5.62. The molecule has 6 nitrogen and oxygen atoms in total. The molecule has 0 atom stereocenters. The van der Waals surface area contributed by atoms with E-state index in [0.29, 0.717) is 5.56 Å². The Morgan fingerprint density at radius 1 is 1.21 bits per heavy atom. The summed E-state index contributed by atoms with van der Waals surface area (Å²) in [5.41, 5.74) is 5.52. The first kappa shape index (κ1) is 19.2. The van der Waals surface area contributed by atoms with Gasteiger partial charge in [0.25, 0.3) is 0 Å². The Bertz CT molecular complexity index is 1070. The molecule has 29 heavy (non-hydrogen) atoms. The number of fused-ring (bicyclic) bond motifs is 1. The molecule has 1 aliphatic rings. The van der Waals surface area contributed by atoms with Gasteiger partial charge in [0, 0.05) is 73.5 Å². The number of anilines is 2. The summed E-state index contributed by atoms with van der Waals surface area (Å²) in [7, 11) is 2.16. The van der Waals surface area contributed by atoms with Crippen LogP contribution < -0.4 is 5.32 Å². The fourth-order valence-corrected chi connectivity index (χ4v) is 3.74. The number of benzene rings is 1. The van der Waals surface area contributed by atoms with Crippen LogP contribution in [0, 0.1) is 18.3 Å². The van der Waals surface area contributed by atoms with Crippen molar-refractivity contribution in [2.75, 3.05) is 45.1 Å². The number of likely N-dealkylation sites (N-methyl/N-ethyl adjacent to an activating group) is 1. The van der Waals surface area contributed by atoms with Crippen molar-refractivity contribution in [3.8, 4) is 6.07 Å². The molecule has 0 aliphatic carbocycles. The Morgan fingerprint density at radius 3 is 2.83 bits per heavy atom. The highest BCUT2D eigenvalue weighted by Gasteiger charge is 2.13. The molecule has 6 heteroatoms. The zero-order chi connectivity index (χ0) is 20.2. The first-order valence-corrected chi connectivity index (χ1v) is 9.95. The molecule has 0 bridgehead atoms. The van der Waals surface area contributed by atoms with Crippen molar-refractivity contribution in [3.63, 3.8) is 0 Å². The molecule has 0 amide bonds. The third-order valence-corrected chi connectivity index (χ3v) is 5.62. The maximum atomic E-state index is 9.61. The molecule has 0 spiro atoms. The summed E-state index contributed by atoms with van der Waals surface area (Å²) in [5.74, 6) is 0. The van der Waals surface area contributed by atoms with Crippen molar-refractivity contribution < 1.29 is 0 Å². The van der Waals surface area contributed by atoms with Gasteiger partial charge in [-0.05, 0) is 37.7 Å². The van der Waals surface area contributed by atoms with Gasteiger partial charge in [-0.1, -0.05) is 12.2 Å². The predicted octanol–water partition coefficient (Wildman–Crippen LogP) is 3.75. The molecule has 0 radical (unpaired) electrons. The van der Waals surface area contributed by atoms with Gasteiger partial charge < -0.3 is 15.2 Å². The zero-order valence-electron chi connectivity index (χ0n) is 16.9. The van der Waals surface area contributed by atoms with E-state index in [-0.39, 0.29) is 0 Å². The highest BCUT2D eigenvalue weighted by atomic mass is 15.2. The lowest BCUT2D eigenvalue weighted by Gasteiger charge is -2.31. The number of nitriles is 1. The van der Waals surface area contributed by atoms with Crippen LogP contribution in [0.2, 0.25) is 0 Å². The number of aromatic nitrogens is 2. The number of rotatable bonds is 5.